The van der Waals surface area contributed by atoms with Crippen LogP contribution in [0.25, 0.3) is 0 Å². The van der Waals surface area contributed by atoms with Crippen molar-refractivity contribution in [2.75, 3.05) is 6.54 Å². The van der Waals surface area contributed by atoms with Crippen LogP contribution in [-0.2, 0) is 0 Å². The molecule has 2 heterocycles. The molecular weight excluding hydrogens is 315 g/mol. The minimum Gasteiger partial charge on any atom is -0.491 e. The van der Waals surface area contributed by atoms with Gasteiger partial charge in [0.1, 0.15) is 5.82 Å². The Balaban J connectivity index is 2.10. The summed E-state index contributed by atoms with van der Waals surface area (Å²) in [5, 5.41) is 21.2. The molecule has 0 saturated heterocycles. The molecule has 2 rings (SSSR count). The maximum Gasteiger partial charge on any atom is 0.320 e. The van der Waals surface area contributed by atoms with Crippen molar-refractivity contribution in [3.05, 3.63) is 47.4 Å². The Morgan fingerprint density at radius 2 is 2.30 bits per heavy atom. The molecule has 0 bridgehead atoms. The number of rotatable bonds is 5. The third-order valence-corrected chi connectivity index (χ3v) is 2.93. The number of carbonyl (C=O) groups is 1. The third-order valence-electron chi connectivity index (χ3n) is 2.93. The zero-order valence-corrected chi connectivity index (χ0v) is 11.6. The van der Waals surface area contributed by atoms with Gasteiger partial charge in [-0.05, 0) is 6.07 Å². The molecule has 1 amide bonds. The van der Waals surface area contributed by atoms with Crippen molar-refractivity contribution in [1.29, 1.82) is 5.41 Å². The third kappa shape index (κ3) is 3.59. The Kier molecular flexibility index (Phi) is 4.84. The van der Waals surface area contributed by atoms with Crippen LogP contribution in [0, 0.1) is 11.2 Å². The van der Waals surface area contributed by atoms with Crippen molar-refractivity contribution in [3.63, 3.8) is 0 Å². The summed E-state index contributed by atoms with van der Waals surface area (Å²) in [5.74, 6) is -2.66. The smallest absolute Gasteiger partial charge is 0.320 e. The molecule has 7 nitrogen and oxygen atoms in total. The quantitative estimate of drug-likeness (QED) is 0.479. The minimum atomic E-state index is -2.81. The van der Waals surface area contributed by atoms with Crippen molar-refractivity contribution in [2.45, 2.75) is 6.55 Å². The van der Waals surface area contributed by atoms with Crippen molar-refractivity contribution in [1.82, 2.24) is 20.5 Å². The molecule has 0 fully saturated rings. The first-order chi connectivity index (χ1) is 10.9. The molecule has 122 valence electrons. The molecule has 23 heavy (non-hydrogen) atoms. The number of aromatic nitrogens is 1. The van der Waals surface area contributed by atoms with Gasteiger partial charge in [0.05, 0.1) is 5.56 Å². The van der Waals surface area contributed by atoms with Gasteiger partial charge < -0.3 is 21.1 Å². The Hall–Kier alpha value is -3.04. The van der Waals surface area contributed by atoms with Gasteiger partial charge >= 0.3 is 6.55 Å². The molecule has 0 radical (unpaired) electrons. The molecule has 4 N–H and O–H groups in total. The summed E-state index contributed by atoms with van der Waals surface area (Å²) < 4.78 is 38.7. The zero-order chi connectivity index (χ0) is 17.0. The van der Waals surface area contributed by atoms with E-state index < -0.39 is 24.2 Å². The summed E-state index contributed by atoms with van der Waals surface area (Å²) >= 11 is 0. The van der Waals surface area contributed by atoms with Crippen LogP contribution in [-0.4, -0.2) is 40.2 Å². The largest absolute Gasteiger partial charge is 0.491 e. The lowest BCUT2D eigenvalue weighted by atomic mass is 10.2. The molecular formula is C13H12F3N5O2. The number of halogens is 3. The summed E-state index contributed by atoms with van der Waals surface area (Å²) in [6.45, 7) is -3.05. The number of nitrogens with zero attached hydrogens (tertiary/aromatic N) is 2. The Bertz CT molecular complexity index is 690. The monoisotopic (exact) mass is 327 g/mol. The number of hydrogen-bond acceptors (Lipinski definition) is 6. The first kappa shape index (κ1) is 16.3. The summed E-state index contributed by atoms with van der Waals surface area (Å²) in [4.78, 5) is 15.8. The molecule has 0 spiro atoms. The predicted octanol–water partition coefficient (Wildman–Crippen LogP) is 1.12. The molecule has 1 aliphatic rings. The van der Waals surface area contributed by atoms with E-state index in [2.05, 4.69) is 15.6 Å². The van der Waals surface area contributed by atoms with E-state index in [4.69, 9.17) is 10.5 Å². The normalized spacial score (nSPS) is 15.6. The Labute approximate surface area is 128 Å². The van der Waals surface area contributed by atoms with E-state index in [0.717, 1.165) is 24.7 Å². The fourth-order valence-electron chi connectivity index (χ4n) is 1.80. The van der Waals surface area contributed by atoms with E-state index in [1.54, 1.807) is 0 Å². The van der Waals surface area contributed by atoms with E-state index in [9.17, 15) is 18.0 Å². The summed E-state index contributed by atoms with van der Waals surface area (Å²) in [6, 6.07) is 0.787. The predicted molar refractivity (Wildman–Crippen MR) is 74.1 cm³/mol. The van der Waals surface area contributed by atoms with Crippen LogP contribution in [0.5, 0.6) is 5.88 Å². The average Bonchev–Trinajstić information content (AvgIpc) is 3.00. The lowest BCUT2D eigenvalue weighted by molar-refractivity contribution is 0.0286. The topological polar surface area (TPSA) is 101 Å². The number of aromatic hydroxyl groups is 1. The molecule has 0 saturated carbocycles. The lowest BCUT2D eigenvalue weighted by Crippen LogP contribution is -2.31. The van der Waals surface area contributed by atoms with E-state index >= 15 is 0 Å². The Morgan fingerprint density at radius 3 is 2.91 bits per heavy atom. The second kappa shape index (κ2) is 6.81. The van der Waals surface area contributed by atoms with Crippen LogP contribution >= 0.6 is 0 Å². The minimum absolute atomic E-state index is 0.0367. The molecule has 1 aromatic heterocycles. The van der Waals surface area contributed by atoms with Gasteiger partial charge in [0.15, 0.2) is 5.82 Å². The first-order valence-corrected chi connectivity index (χ1v) is 6.30. The fraction of sp³-hybridized carbons (Fsp3) is 0.154. The van der Waals surface area contributed by atoms with Crippen LogP contribution < -0.4 is 10.6 Å². The highest BCUT2D eigenvalue weighted by Gasteiger charge is 2.23. The molecule has 0 atom stereocenters. The van der Waals surface area contributed by atoms with Crippen LogP contribution in [0.4, 0.5) is 13.2 Å². The number of nitrogens with one attached hydrogen (secondary N) is 3. The first-order valence-electron chi connectivity index (χ1n) is 6.30. The fourth-order valence-corrected chi connectivity index (χ4v) is 1.80. The molecule has 10 heteroatoms. The van der Waals surface area contributed by atoms with Crippen molar-refractivity contribution in [3.8, 4) is 5.88 Å². The van der Waals surface area contributed by atoms with Gasteiger partial charge in [0, 0.05) is 36.9 Å². The molecule has 1 aliphatic heterocycles. The molecule has 0 aromatic carbocycles. The van der Waals surface area contributed by atoms with Gasteiger partial charge in [-0.15, -0.1) is 0 Å². The highest BCUT2D eigenvalue weighted by molar-refractivity contribution is 5.94. The van der Waals surface area contributed by atoms with E-state index in [1.807, 2.05) is 0 Å². The Morgan fingerprint density at radius 1 is 1.57 bits per heavy atom. The zero-order valence-electron chi connectivity index (χ0n) is 11.6. The summed E-state index contributed by atoms with van der Waals surface area (Å²) in [7, 11) is 0. The van der Waals surface area contributed by atoms with Gasteiger partial charge in [0.2, 0.25) is 5.88 Å². The molecule has 0 aliphatic carbocycles. The summed E-state index contributed by atoms with van der Waals surface area (Å²) in [6.07, 6.45) is 4.16. The number of pyridine rings is 1. The second-order valence-corrected chi connectivity index (χ2v) is 4.38. The van der Waals surface area contributed by atoms with Crippen LogP contribution in [0.2, 0.25) is 0 Å². The average molecular weight is 327 g/mol. The van der Waals surface area contributed by atoms with Crippen LogP contribution in [0.3, 0.4) is 0 Å². The van der Waals surface area contributed by atoms with Crippen molar-refractivity contribution < 1.29 is 23.1 Å². The van der Waals surface area contributed by atoms with Gasteiger partial charge in [0.25, 0.3) is 5.91 Å². The van der Waals surface area contributed by atoms with Gasteiger partial charge in [-0.1, -0.05) is 0 Å². The highest BCUT2D eigenvalue weighted by Crippen LogP contribution is 2.18. The molecule has 1 aromatic rings. The van der Waals surface area contributed by atoms with Crippen molar-refractivity contribution in [2.24, 2.45) is 0 Å². The van der Waals surface area contributed by atoms with Crippen LogP contribution in [0.15, 0.2) is 36.1 Å². The van der Waals surface area contributed by atoms with Gasteiger partial charge in [-0.3, -0.25) is 9.69 Å². The standard InChI is InChI=1S/C13H12F3N5O2/c14-9-3-7(5-20-12(9)23)11(22)19-6-8(4-17)10-18-1-2-21(10)13(15)16/h1-5,13,17-18H,6H2,(H,19,22)(H,20,23)/b10-8-,17-4?. The van der Waals surface area contributed by atoms with E-state index in [1.165, 1.54) is 6.20 Å². The van der Waals surface area contributed by atoms with Gasteiger partial charge in [-0.2, -0.15) is 8.78 Å². The number of carbonyl (C=O) groups excluding carboxylic acids is 1. The number of hydrogen-bond donors (Lipinski definition) is 4. The maximum atomic E-state index is 13.1. The number of amides is 1. The van der Waals surface area contributed by atoms with Crippen molar-refractivity contribution >= 4 is 12.1 Å². The van der Waals surface area contributed by atoms with Crippen LogP contribution in [0.1, 0.15) is 10.4 Å². The summed E-state index contributed by atoms with van der Waals surface area (Å²) in [5.41, 5.74) is -0.0614. The van der Waals surface area contributed by atoms with Gasteiger partial charge in [-0.25, -0.2) is 9.37 Å². The van der Waals surface area contributed by atoms with E-state index in [0.29, 0.717) is 4.90 Å². The maximum absolute atomic E-state index is 13.1. The second-order valence-electron chi connectivity index (χ2n) is 4.38. The highest BCUT2D eigenvalue weighted by atomic mass is 19.3. The van der Waals surface area contributed by atoms with E-state index in [-0.39, 0.29) is 23.5 Å². The lowest BCUT2D eigenvalue weighted by Gasteiger charge is -2.19. The molecule has 0 unspecified atom stereocenters. The number of alkyl halides is 2. The SMILES string of the molecule is N=C/C(CNC(=O)c1cnc(O)c(F)c1)=C1\NC=CN1C(F)F.